The van der Waals surface area contributed by atoms with Crippen LogP contribution in [0, 0.1) is 0 Å². The Balaban J connectivity index is 2.30. The van der Waals surface area contributed by atoms with Crippen molar-refractivity contribution in [2.45, 2.75) is 0 Å². The van der Waals surface area contributed by atoms with Gasteiger partial charge >= 0.3 is 0 Å². The Kier molecular flexibility index (Phi) is 2.19. The minimum Gasteiger partial charge on any atom is -0.399 e. The standard InChI is InChI=1S/C13H12N4O/c1-17-11-7-8(14)5-6-9(11)16-13(17)10-3-2-4-12(18)15-10/h2-7H,14H2,1H3,(H,15,18). The lowest BCUT2D eigenvalue weighted by atomic mass is 10.3. The summed E-state index contributed by atoms with van der Waals surface area (Å²) in [5.74, 6) is 0.716. The molecule has 3 rings (SSSR count). The molecule has 0 saturated carbocycles. The summed E-state index contributed by atoms with van der Waals surface area (Å²) < 4.78 is 1.91. The van der Waals surface area contributed by atoms with E-state index in [1.165, 1.54) is 6.07 Å². The van der Waals surface area contributed by atoms with Crippen molar-refractivity contribution in [2.75, 3.05) is 5.73 Å². The van der Waals surface area contributed by atoms with Crippen LogP contribution < -0.4 is 11.3 Å². The summed E-state index contributed by atoms with van der Waals surface area (Å²) in [6, 6.07) is 10.6. The van der Waals surface area contributed by atoms with Gasteiger partial charge in [-0.1, -0.05) is 6.07 Å². The highest BCUT2D eigenvalue weighted by Crippen LogP contribution is 2.23. The van der Waals surface area contributed by atoms with Crippen LogP contribution in [0.25, 0.3) is 22.6 Å². The molecule has 0 atom stereocenters. The topological polar surface area (TPSA) is 76.7 Å². The van der Waals surface area contributed by atoms with Gasteiger partial charge in [-0.05, 0) is 24.3 Å². The summed E-state index contributed by atoms with van der Waals surface area (Å²) in [6.07, 6.45) is 0. The van der Waals surface area contributed by atoms with E-state index in [9.17, 15) is 4.79 Å². The van der Waals surface area contributed by atoms with Gasteiger partial charge in [-0.3, -0.25) is 4.79 Å². The molecule has 5 heteroatoms. The lowest BCUT2D eigenvalue weighted by molar-refractivity contribution is 0.948. The number of H-pyrrole nitrogens is 1. The van der Waals surface area contributed by atoms with Crippen molar-refractivity contribution in [1.29, 1.82) is 0 Å². The van der Waals surface area contributed by atoms with E-state index in [0.29, 0.717) is 17.2 Å². The van der Waals surface area contributed by atoms with Crippen LogP contribution in [-0.2, 0) is 7.05 Å². The highest BCUT2D eigenvalue weighted by atomic mass is 16.1. The Labute approximate surface area is 103 Å². The fraction of sp³-hybridized carbons (Fsp3) is 0.0769. The number of benzene rings is 1. The molecule has 0 saturated heterocycles. The number of pyridine rings is 1. The predicted octanol–water partition coefficient (Wildman–Crippen LogP) is 1.51. The van der Waals surface area contributed by atoms with Gasteiger partial charge in [0.2, 0.25) is 5.56 Å². The Morgan fingerprint density at radius 1 is 1.28 bits per heavy atom. The van der Waals surface area contributed by atoms with E-state index in [2.05, 4.69) is 9.97 Å². The molecule has 0 fully saturated rings. The maximum Gasteiger partial charge on any atom is 0.248 e. The second-order valence-electron chi connectivity index (χ2n) is 4.17. The van der Waals surface area contributed by atoms with Crippen LogP contribution in [0.1, 0.15) is 0 Å². The highest BCUT2D eigenvalue weighted by Gasteiger charge is 2.10. The zero-order chi connectivity index (χ0) is 12.7. The molecule has 0 radical (unpaired) electrons. The molecule has 3 aromatic rings. The van der Waals surface area contributed by atoms with Crippen molar-refractivity contribution in [3.05, 3.63) is 46.8 Å². The molecule has 0 amide bonds. The van der Waals surface area contributed by atoms with Crippen molar-refractivity contribution in [3.8, 4) is 11.5 Å². The van der Waals surface area contributed by atoms with Gasteiger partial charge in [0.1, 0.15) is 0 Å². The number of fused-ring (bicyclic) bond motifs is 1. The molecule has 2 heterocycles. The molecule has 0 spiro atoms. The molecule has 90 valence electrons. The molecule has 0 aliphatic heterocycles. The Morgan fingerprint density at radius 3 is 2.89 bits per heavy atom. The summed E-state index contributed by atoms with van der Waals surface area (Å²) in [5, 5.41) is 0. The number of aromatic nitrogens is 3. The summed E-state index contributed by atoms with van der Waals surface area (Å²) >= 11 is 0. The van der Waals surface area contributed by atoms with Crippen molar-refractivity contribution >= 4 is 16.7 Å². The van der Waals surface area contributed by atoms with Gasteiger partial charge < -0.3 is 15.3 Å². The van der Waals surface area contributed by atoms with Gasteiger partial charge in [0, 0.05) is 18.8 Å². The van der Waals surface area contributed by atoms with Crippen molar-refractivity contribution in [3.63, 3.8) is 0 Å². The van der Waals surface area contributed by atoms with Gasteiger partial charge in [-0.2, -0.15) is 0 Å². The molecule has 1 aromatic carbocycles. The van der Waals surface area contributed by atoms with E-state index in [4.69, 9.17) is 5.73 Å². The molecule has 0 unspecified atom stereocenters. The molecule has 0 aliphatic rings. The number of rotatable bonds is 1. The maximum atomic E-state index is 11.3. The van der Waals surface area contributed by atoms with Crippen LogP contribution in [0.15, 0.2) is 41.2 Å². The van der Waals surface area contributed by atoms with Crippen molar-refractivity contribution in [1.82, 2.24) is 14.5 Å². The fourth-order valence-corrected chi connectivity index (χ4v) is 2.03. The van der Waals surface area contributed by atoms with Gasteiger partial charge in [0.25, 0.3) is 0 Å². The van der Waals surface area contributed by atoms with E-state index < -0.39 is 0 Å². The quantitative estimate of drug-likeness (QED) is 0.633. The number of nitrogens with one attached hydrogen (secondary N) is 1. The maximum absolute atomic E-state index is 11.3. The van der Waals surface area contributed by atoms with Crippen molar-refractivity contribution < 1.29 is 0 Å². The molecule has 18 heavy (non-hydrogen) atoms. The molecule has 0 bridgehead atoms. The van der Waals surface area contributed by atoms with Crippen LogP contribution in [0.4, 0.5) is 5.69 Å². The minimum absolute atomic E-state index is 0.140. The smallest absolute Gasteiger partial charge is 0.248 e. The second-order valence-corrected chi connectivity index (χ2v) is 4.17. The Morgan fingerprint density at radius 2 is 2.11 bits per heavy atom. The molecule has 3 N–H and O–H groups in total. The normalized spacial score (nSPS) is 10.9. The predicted molar refractivity (Wildman–Crippen MR) is 71.2 cm³/mol. The zero-order valence-electron chi connectivity index (χ0n) is 9.84. The lowest BCUT2D eigenvalue weighted by Gasteiger charge is -2.01. The number of nitrogens with zero attached hydrogens (tertiary/aromatic N) is 2. The van der Waals surface area contributed by atoms with E-state index in [0.717, 1.165) is 11.0 Å². The summed E-state index contributed by atoms with van der Waals surface area (Å²) in [6.45, 7) is 0. The summed E-state index contributed by atoms with van der Waals surface area (Å²) in [4.78, 5) is 18.6. The van der Waals surface area contributed by atoms with Crippen LogP contribution in [0.3, 0.4) is 0 Å². The van der Waals surface area contributed by atoms with E-state index in [1.807, 2.05) is 35.9 Å². The number of imidazole rings is 1. The Hall–Kier alpha value is -2.56. The van der Waals surface area contributed by atoms with Crippen LogP contribution in [-0.4, -0.2) is 14.5 Å². The minimum atomic E-state index is -0.140. The number of nitrogens with two attached hydrogens (primary N) is 1. The number of hydrogen-bond acceptors (Lipinski definition) is 3. The third kappa shape index (κ3) is 1.57. The first kappa shape index (κ1) is 10.6. The molecule has 2 aromatic heterocycles. The van der Waals surface area contributed by atoms with Crippen LogP contribution in [0.2, 0.25) is 0 Å². The molecular weight excluding hydrogens is 228 g/mol. The first-order chi connectivity index (χ1) is 8.65. The van der Waals surface area contributed by atoms with E-state index in [1.54, 1.807) is 6.07 Å². The van der Waals surface area contributed by atoms with Gasteiger partial charge in [-0.15, -0.1) is 0 Å². The molecule has 5 nitrogen and oxygen atoms in total. The number of aryl methyl sites for hydroxylation is 1. The summed E-state index contributed by atoms with van der Waals surface area (Å²) in [7, 11) is 1.90. The SMILES string of the molecule is Cn1c(-c2cccc(=O)[nH]2)nc2ccc(N)cc21. The number of anilines is 1. The number of aromatic amines is 1. The first-order valence-corrected chi connectivity index (χ1v) is 5.57. The number of hydrogen-bond donors (Lipinski definition) is 2. The van der Waals surface area contributed by atoms with Crippen molar-refractivity contribution in [2.24, 2.45) is 7.05 Å². The Bertz CT molecular complexity index is 785. The monoisotopic (exact) mass is 240 g/mol. The van der Waals surface area contributed by atoms with Crippen LogP contribution in [0.5, 0.6) is 0 Å². The fourth-order valence-electron chi connectivity index (χ4n) is 2.03. The van der Waals surface area contributed by atoms with Gasteiger partial charge in [0.15, 0.2) is 5.82 Å². The van der Waals surface area contributed by atoms with E-state index in [-0.39, 0.29) is 5.56 Å². The average Bonchev–Trinajstić information content (AvgIpc) is 2.67. The van der Waals surface area contributed by atoms with Gasteiger partial charge in [-0.25, -0.2) is 4.98 Å². The highest BCUT2D eigenvalue weighted by molar-refractivity contribution is 5.82. The second kappa shape index (κ2) is 3.73. The molecular formula is C13H12N4O. The third-order valence-corrected chi connectivity index (χ3v) is 2.91. The zero-order valence-corrected chi connectivity index (χ0v) is 9.84. The van der Waals surface area contributed by atoms with Crippen LogP contribution >= 0.6 is 0 Å². The average molecular weight is 240 g/mol. The largest absolute Gasteiger partial charge is 0.399 e. The molecule has 0 aliphatic carbocycles. The lowest BCUT2D eigenvalue weighted by Crippen LogP contribution is -2.05. The summed E-state index contributed by atoms with van der Waals surface area (Å²) in [5.41, 5.74) is 8.81. The first-order valence-electron chi connectivity index (χ1n) is 5.57. The van der Waals surface area contributed by atoms with Gasteiger partial charge in [0.05, 0.1) is 16.7 Å². The number of nitrogen functional groups attached to an aromatic ring is 1. The van der Waals surface area contributed by atoms with E-state index >= 15 is 0 Å². The third-order valence-electron chi connectivity index (χ3n) is 2.91.